The number of aromatic nitrogens is 1. The normalized spacial score (nSPS) is 11.9. The molecule has 0 unspecified atom stereocenters. The van der Waals surface area contributed by atoms with Crippen LogP contribution in [-0.2, 0) is 16.6 Å². The zero-order chi connectivity index (χ0) is 14.0. The molecule has 0 saturated heterocycles. The molecule has 0 aliphatic carbocycles. The summed E-state index contributed by atoms with van der Waals surface area (Å²) >= 11 is 0. The molecule has 4 nitrogen and oxygen atoms in total. The lowest BCUT2D eigenvalue weighted by molar-refractivity contribution is -0.137. The van der Waals surface area contributed by atoms with Crippen molar-refractivity contribution in [2.75, 3.05) is 0 Å². The Morgan fingerprint density at radius 1 is 1.37 bits per heavy atom. The van der Waals surface area contributed by atoms with Gasteiger partial charge >= 0.3 is 5.97 Å². The summed E-state index contributed by atoms with van der Waals surface area (Å²) in [5.41, 5.74) is 2.62. The first-order chi connectivity index (χ1) is 8.86. The first-order valence-corrected chi connectivity index (χ1v) is 6.48. The second-order valence-corrected chi connectivity index (χ2v) is 5.82. The van der Waals surface area contributed by atoms with Crippen LogP contribution in [0.5, 0.6) is 0 Å². The smallest absolute Gasteiger partial charge is 0.303 e. The Kier molecular flexibility index (Phi) is 3.60. The molecule has 19 heavy (non-hydrogen) atoms. The van der Waals surface area contributed by atoms with Crippen molar-refractivity contribution >= 4 is 17.1 Å². The highest BCUT2D eigenvalue weighted by Crippen LogP contribution is 2.26. The number of fused-ring (bicyclic) bond motifs is 1. The van der Waals surface area contributed by atoms with Gasteiger partial charge in [-0.2, -0.15) is 0 Å². The number of aliphatic carboxylic acids is 1. The Hall–Kier alpha value is -1.84. The molecule has 1 aromatic heterocycles. The van der Waals surface area contributed by atoms with Crippen LogP contribution in [0.25, 0.3) is 11.1 Å². The van der Waals surface area contributed by atoms with Crippen molar-refractivity contribution in [2.24, 2.45) is 0 Å². The van der Waals surface area contributed by atoms with Crippen molar-refractivity contribution in [3.63, 3.8) is 0 Å². The Balaban J connectivity index is 2.18. The van der Waals surface area contributed by atoms with Gasteiger partial charge in [-0.15, -0.1) is 0 Å². The number of nitrogens with zero attached hydrogens (tertiary/aromatic N) is 1. The molecule has 0 amide bonds. The maximum Gasteiger partial charge on any atom is 0.303 e. The number of benzene rings is 1. The third kappa shape index (κ3) is 3.34. The molecule has 2 aromatic rings. The average Bonchev–Trinajstić information content (AvgIpc) is 2.71. The van der Waals surface area contributed by atoms with E-state index in [2.05, 4.69) is 25.8 Å². The summed E-state index contributed by atoms with van der Waals surface area (Å²) in [5.74, 6) is -0.0253. The number of rotatable bonds is 4. The number of carboxylic acid groups (broad SMARTS) is 1. The van der Waals surface area contributed by atoms with Gasteiger partial charge in [0, 0.05) is 11.8 Å². The first-order valence-electron chi connectivity index (χ1n) is 6.48. The van der Waals surface area contributed by atoms with E-state index in [1.165, 1.54) is 0 Å². The zero-order valence-electron chi connectivity index (χ0n) is 11.6. The number of hydrogen-bond acceptors (Lipinski definition) is 3. The fourth-order valence-corrected chi connectivity index (χ4v) is 1.89. The van der Waals surface area contributed by atoms with E-state index in [-0.39, 0.29) is 11.8 Å². The lowest BCUT2D eigenvalue weighted by Gasteiger charge is -2.11. The third-order valence-electron chi connectivity index (χ3n) is 2.95. The molecule has 0 aliphatic heterocycles. The van der Waals surface area contributed by atoms with Crippen LogP contribution in [-0.4, -0.2) is 16.1 Å². The number of carbonyl (C=O) groups is 1. The van der Waals surface area contributed by atoms with E-state index in [1.54, 1.807) is 0 Å². The second-order valence-electron chi connectivity index (χ2n) is 5.82. The summed E-state index contributed by atoms with van der Waals surface area (Å²) in [6.07, 6.45) is 1.59. The Morgan fingerprint density at radius 2 is 2.11 bits per heavy atom. The molecule has 4 heteroatoms. The van der Waals surface area contributed by atoms with Crippen molar-refractivity contribution < 1.29 is 14.3 Å². The van der Waals surface area contributed by atoms with Crippen molar-refractivity contribution in [3.8, 4) is 0 Å². The van der Waals surface area contributed by atoms with Gasteiger partial charge < -0.3 is 9.52 Å². The molecule has 1 N–H and O–H groups in total. The first kappa shape index (κ1) is 13.6. The summed E-state index contributed by atoms with van der Waals surface area (Å²) in [6.45, 7) is 6.18. The molecular formula is C15H19NO3. The summed E-state index contributed by atoms with van der Waals surface area (Å²) in [5, 5.41) is 8.63. The molecule has 1 aromatic carbocycles. The van der Waals surface area contributed by atoms with E-state index < -0.39 is 5.97 Å². The Labute approximate surface area is 112 Å². The maximum absolute atomic E-state index is 10.5. The summed E-state index contributed by atoms with van der Waals surface area (Å²) < 4.78 is 5.72. The van der Waals surface area contributed by atoms with Crippen molar-refractivity contribution in [1.29, 1.82) is 0 Å². The zero-order valence-corrected chi connectivity index (χ0v) is 11.6. The van der Waals surface area contributed by atoms with Gasteiger partial charge in [-0.1, -0.05) is 26.8 Å². The minimum atomic E-state index is -0.752. The highest BCUT2D eigenvalue weighted by Gasteiger charge is 2.20. The van der Waals surface area contributed by atoms with Crippen molar-refractivity contribution in [2.45, 2.75) is 45.4 Å². The number of carboxylic acids is 1. The second kappa shape index (κ2) is 5.03. The van der Waals surface area contributed by atoms with Crippen LogP contribution in [0, 0.1) is 0 Å². The van der Waals surface area contributed by atoms with Gasteiger partial charge in [0.15, 0.2) is 5.58 Å². The van der Waals surface area contributed by atoms with Crippen molar-refractivity contribution in [3.05, 3.63) is 29.7 Å². The van der Waals surface area contributed by atoms with Crippen molar-refractivity contribution in [1.82, 2.24) is 4.98 Å². The fraction of sp³-hybridized carbons (Fsp3) is 0.467. The molecule has 0 saturated carbocycles. The highest BCUT2D eigenvalue weighted by atomic mass is 16.4. The lowest BCUT2D eigenvalue weighted by atomic mass is 9.97. The van der Waals surface area contributed by atoms with E-state index in [9.17, 15) is 4.79 Å². The molecule has 102 valence electrons. The molecule has 0 radical (unpaired) electrons. The van der Waals surface area contributed by atoms with Crippen LogP contribution in [0.3, 0.4) is 0 Å². The van der Waals surface area contributed by atoms with Crippen LogP contribution >= 0.6 is 0 Å². The van der Waals surface area contributed by atoms with E-state index in [1.807, 2.05) is 18.2 Å². The summed E-state index contributed by atoms with van der Waals surface area (Å²) in [6, 6.07) is 5.87. The van der Waals surface area contributed by atoms with Crippen LogP contribution in [0.15, 0.2) is 22.6 Å². The largest absolute Gasteiger partial charge is 0.481 e. The molecule has 0 atom stereocenters. The van der Waals surface area contributed by atoms with Crippen LogP contribution in [0.1, 0.15) is 45.1 Å². The molecule has 0 bridgehead atoms. The van der Waals surface area contributed by atoms with Crippen LogP contribution < -0.4 is 0 Å². The van der Waals surface area contributed by atoms with Gasteiger partial charge in [-0.25, -0.2) is 4.98 Å². The number of aryl methyl sites for hydroxylation is 1. The Morgan fingerprint density at radius 3 is 2.74 bits per heavy atom. The molecule has 0 fully saturated rings. The molecular weight excluding hydrogens is 242 g/mol. The summed E-state index contributed by atoms with van der Waals surface area (Å²) in [7, 11) is 0. The monoisotopic (exact) mass is 261 g/mol. The SMILES string of the molecule is CC(C)(C)c1nc2cc(CCCC(=O)O)ccc2o1. The molecule has 2 rings (SSSR count). The number of hydrogen-bond donors (Lipinski definition) is 1. The highest BCUT2D eigenvalue weighted by molar-refractivity contribution is 5.73. The van der Waals surface area contributed by atoms with Gasteiger partial charge in [0.25, 0.3) is 0 Å². The number of oxazole rings is 1. The quantitative estimate of drug-likeness (QED) is 0.914. The van der Waals surface area contributed by atoms with Gasteiger partial charge in [0.1, 0.15) is 5.52 Å². The minimum absolute atomic E-state index is 0.109. The predicted molar refractivity (Wildman–Crippen MR) is 73.3 cm³/mol. The van der Waals surface area contributed by atoms with Gasteiger partial charge in [0.05, 0.1) is 0 Å². The standard InChI is InChI=1S/C15H19NO3/c1-15(2,3)14-16-11-9-10(5-4-6-13(17)18)7-8-12(11)19-14/h7-9H,4-6H2,1-3H3,(H,17,18). The average molecular weight is 261 g/mol. The topological polar surface area (TPSA) is 63.3 Å². The minimum Gasteiger partial charge on any atom is -0.481 e. The summed E-state index contributed by atoms with van der Waals surface area (Å²) in [4.78, 5) is 15.0. The maximum atomic E-state index is 10.5. The van der Waals surface area contributed by atoms with Crippen LogP contribution in [0.2, 0.25) is 0 Å². The predicted octanol–water partition coefficient (Wildman–Crippen LogP) is 3.53. The van der Waals surface area contributed by atoms with Gasteiger partial charge in [-0.3, -0.25) is 4.79 Å². The van der Waals surface area contributed by atoms with E-state index in [4.69, 9.17) is 9.52 Å². The van der Waals surface area contributed by atoms with Gasteiger partial charge in [-0.05, 0) is 30.5 Å². The molecule has 0 aliphatic rings. The third-order valence-corrected chi connectivity index (χ3v) is 2.95. The Bertz CT molecular complexity index is 593. The van der Waals surface area contributed by atoms with Crippen LogP contribution in [0.4, 0.5) is 0 Å². The van der Waals surface area contributed by atoms with E-state index in [0.29, 0.717) is 6.42 Å². The molecule has 1 heterocycles. The van der Waals surface area contributed by atoms with E-state index in [0.717, 1.165) is 29.0 Å². The van der Waals surface area contributed by atoms with E-state index >= 15 is 0 Å². The molecule has 0 spiro atoms. The fourth-order valence-electron chi connectivity index (χ4n) is 1.89. The van der Waals surface area contributed by atoms with Gasteiger partial charge in [0.2, 0.25) is 5.89 Å². The lowest BCUT2D eigenvalue weighted by Crippen LogP contribution is -2.10.